The summed E-state index contributed by atoms with van der Waals surface area (Å²) in [7, 11) is -2.40. The summed E-state index contributed by atoms with van der Waals surface area (Å²) in [5.74, 6) is 0.872. The van der Waals surface area contributed by atoms with Crippen LogP contribution >= 0.6 is 0 Å². The van der Waals surface area contributed by atoms with Crippen LogP contribution in [0.15, 0.2) is 141 Å². The molecule has 20 heteroatoms. The number of nitrogens with one attached hydrogen (secondary N) is 2. The topological polar surface area (TPSA) is 246 Å². The van der Waals surface area contributed by atoms with Gasteiger partial charge in [0.1, 0.15) is 0 Å². The third-order valence-corrected chi connectivity index (χ3v) is 11.5. The smallest absolute Gasteiger partial charge is 0.263 e. The summed E-state index contributed by atoms with van der Waals surface area (Å²) in [6.07, 6.45) is 7.07. The standard InChI is InChI=1S/C43H40N8O10S2/c1-58-38-25-28(7-19-36(38)52)5-9-32(44-30-11-15-34(16-12-30)62(54,55)50-40-21-23-42(60-3)48-46-40)27-33(10-6-29-8-20-37(53)39(26-29)59-2)45-31-13-17-35(18-14-31)63(56,57)51-41-22-24-43(61-4)49-47-41/h5-26,52-53H,27H2,1-4H3,(H,46,50)(H,47,51)/b9-5+,10-6+,44-32?,45-33?. The van der Waals surface area contributed by atoms with Gasteiger partial charge in [-0.3, -0.25) is 19.4 Å². The van der Waals surface area contributed by atoms with E-state index >= 15 is 0 Å². The number of allylic oxidation sites excluding steroid dienone is 2. The second-order valence-corrected chi connectivity index (χ2v) is 16.4. The Morgan fingerprint density at radius 2 is 0.937 bits per heavy atom. The normalized spacial score (nSPS) is 12.3. The number of anilines is 2. The Morgan fingerprint density at radius 1 is 0.540 bits per heavy atom. The van der Waals surface area contributed by atoms with E-state index in [4.69, 9.17) is 28.9 Å². The molecule has 0 amide bonds. The van der Waals surface area contributed by atoms with E-state index in [0.29, 0.717) is 33.9 Å². The van der Waals surface area contributed by atoms with Crippen LogP contribution in [-0.2, 0) is 20.0 Å². The molecular weight excluding hydrogens is 853 g/mol. The third kappa shape index (κ3) is 12.1. The average molecular weight is 893 g/mol. The van der Waals surface area contributed by atoms with E-state index in [0.717, 1.165) is 0 Å². The number of benzene rings is 4. The molecule has 4 N–H and O–H groups in total. The van der Waals surface area contributed by atoms with Gasteiger partial charge in [0.25, 0.3) is 20.0 Å². The molecule has 0 saturated carbocycles. The number of methoxy groups -OCH3 is 4. The summed E-state index contributed by atoms with van der Waals surface area (Å²) in [6, 6.07) is 27.1. The average Bonchev–Trinajstić information content (AvgIpc) is 3.29. The van der Waals surface area contributed by atoms with Crippen LogP contribution in [0, 0.1) is 0 Å². The van der Waals surface area contributed by atoms with E-state index in [1.165, 1.54) is 113 Å². The molecular formula is C43H40N8O10S2. The highest BCUT2D eigenvalue weighted by molar-refractivity contribution is 7.93. The molecule has 0 atom stereocenters. The Bertz CT molecular complexity index is 2690. The van der Waals surface area contributed by atoms with Crippen LogP contribution in [0.1, 0.15) is 17.5 Å². The first-order valence-electron chi connectivity index (χ1n) is 18.5. The van der Waals surface area contributed by atoms with Crippen LogP contribution in [0.3, 0.4) is 0 Å². The first-order valence-corrected chi connectivity index (χ1v) is 21.5. The maximum atomic E-state index is 13.2. The number of nitrogens with zero attached hydrogens (tertiary/aromatic N) is 6. The fourth-order valence-corrected chi connectivity index (χ4v) is 7.52. The number of rotatable bonds is 18. The molecule has 6 aromatic rings. The van der Waals surface area contributed by atoms with Gasteiger partial charge in [0.05, 0.1) is 49.6 Å². The lowest BCUT2D eigenvalue weighted by Gasteiger charge is -2.09. The van der Waals surface area contributed by atoms with Crippen molar-refractivity contribution in [1.29, 1.82) is 0 Å². The molecule has 18 nitrogen and oxygen atoms in total. The molecule has 0 saturated heterocycles. The lowest BCUT2D eigenvalue weighted by molar-refractivity contribution is 0.373. The monoisotopic (exact) mass is 892 g/mol. The summed E-state index contributed by atoms with van der Waals surface area (Å²) in [4.78, 5) is 9.60. The molecule has 6 rings (SSSR count). The van der Waals surface area contributed by atoms with Gasteiger partial charge in [-0.1, -0.05) is 24.3 Å². The zero-order chi connectivity index (χ0) is 45.0. The van der Waals surface area contributed by atoms with Crippen LogP contribution in [-0.4, -0.2) is 87.3 Å². The largest absolute Gasteiger partial charge is 0.504 e. The van der Waals surface area contributed by atoms with Gasteiger partial charge in [-0.25, -0.2) is 16.8 Å². The van der Waals surface area contributed by atoms with Crippen molar-refractivity contribution in [3.05, 3.63) is 132 Å². The highest BCUT2D eigenvalue weighted by Gasteiger charge is 2.17. The van der Waals surface area contributed by atoms with Crippen molar-refractivity contribution >= 4 is 66.6 Å². The summed E-state index contributed by atoms with van der Waals surface area (Å²) < 4.78 is 78.1. The van der Waals surface area contributed by atoms with E-state index in [2.05, 4.69) is 29.8 Å². The van der Waals surface area contributed by atoms with E-state index in [1.807, 2.05) is 0 Å². The minimum absolute atomic E-state index is 0.00172. The minimum Gasteiger partial charge on any atom is -0.504 e. The molecule has 0 unspecified atom stereocenters. The van der Waals surface area contributed by atoms with Crippen LogP contribution in [0.2, 0.25) is 0 Å². The molecule has 0 aliphatic heterocycles. The zero-order valence-corrected chi connectivity index (χ0v) is 35.7. The predicted octanol–water partition coefficient (Wildman–Crippen LogP) is 6.98. The highest BCUT2D eigenvalue weighted by atomic mass is 32.2. The van der Waals surface area contributed by atoms with Gasteiger partial charge in [0.2, 0.25) is 11.8 Å². The maximum Gasteiger partial charge on any atom is 0.263 e. The molecule has 63 heavy (non-hydrogen) atoms. The Hall–Kier alpha value is -7.84. The Balaban J connectivity index is 1.36. The number of hydrogen-bond donors (Lipinski definition) is 4. The molecule has 0 aliphatic rings. The van der Waals surface area contributed by atoms with Gasteiger partial charge in [0.15, 0.2) is 34.6 Å². The summed E-state index contributed by atoms with van der Waals surface area (Å²) in [5.41, 5.74) is 3.05. The minimum atomic E-state index is -4.05. The van der Waals surface area contributed by atoms with Crippen LogP contribution in [0.5, 0.6) is 34.8 Å². The van der Waals surface area contributed by atoms with E-state index in [1.54, 1.807) is 48.6 Å². The van der Waals surface area contributed by atoms with Crippen LogP contribution in [0.4, 0.5) is 23.0 Å². The molecule has 2 aromatic heterocycles. The number of ether oxygens (including phenoxy) is 4. The Kier molecular flexibility index (Phi) is 14.3. The molecule has 0 radical (unpaired) electrons. The van der Waals surface area contributed by atoms with Crippen molar-refractivity contribution in [3.63, 3.8) is 0 Å². The SMILES string of the molecule is COc1ccc(NS(=O)(=O)c2ccc(N=C(/C=C/c3ccc(O)c(OC)c3)CC(/C=C/c3ccc(O)c(OC)c3)=Nc3ccc(S(=O)(=O)Nc4ccc(OC)nn4)cc3)cc2)nn1. The molecule has 2 heterocycles. The van der Waals surface area contributed by atoms with E-state index < -0.39 is 20.0 Å². The summed E-state index contributed by atoms with van der Waals surface area (Å²) >= 11 is 0. The fraction of sp³-hybridized carbons (Fsp3) is 0.116. The highest BCUT2D eigenvalue weighted by Crippen LogP contribution is 2.29. The third-order valence-electron chi connectivity index (χ3n) is 8.72. The molecule has 0 fully saturated rings. The summed E-state index contributed by atoms with van der Waals surface area (Å²) in [6.45, 7) is 0. The Morgan fingerprint density at radius 3 is 1.27 bits per heavy atom. The lowest BCUT2D eigenvalue weighted by Crippen LogP contribution is -2.14. The molecule has 0 bridgehead atoms. The van der Waals surface area contributed by atoms with Crippen LogP contribution < -0.4 is 28.4 Å². The predicted molar refractivity (Wildman–Crippen MR) is 238 cm³/mol. The van der Waals surface area contributed by atoms with Gasteiger partial charge in [0, 0.05) is 30.0 Å². The fourth-order valence-electron chi connectivity index (χ4n) is 5.53. The molecule has 0 aliphatic carbocycles. The first-order chi connectivity index (χ1) is 30.3. The van der Waals surface area contributed by atoms with Crippen molar-refractivity contribution in [3.8, 4) is 34.8 Å². The lowest BCUT2D eigenvalue weighted by atomic mass is 10.1. The number of sulfonamides is 2. The number of aliphatic imine (C=N–C) groups is 2. The molecule has 0 spiro atoms. The van der Waals surface area contributed by atoms with E-state index in [9.17, 15) is 27.0 Å². The van der Waals surface area contributed by atoms with Crippen molar-refractivity contribution in [2.24, 2.45) is 9.98 Å². The second-order valence-electron chi connectivity index (χ2n) is 13.0. The molecule has 4 aromatic carbocycles. The van der Waals surface area contributed by atoms with Gasteiger partial charge in [-0.05, 0) is 108 Å². The first kappa shape index (κ1) is 44.7. The molecule has 324 valence electrons. The zero-order valence-electron chi connectivity index (χ0n) is 34.1. The number of phenols is 2. The number of phenolic OH excluding ortho intramolecular Hbond substituents is 2. The number of aromatic hydroxyl groups is 2. The van der Waals surface area contributed by atoms with E-state index in [-0.39, 0.29) is 62.6 Å². The summed E-state index contributed by atoms with van der Waals surface area (Å²) in [5, 5.41) is 35.6. The second kappa shape index (κ2) is 20.1. The van der Waals surface area contributed by atoms with Crippen molar-refractivity contribution in [1.82, 2.24) is 20.4 Å². The van der Waals surface area contributed by atoms with Crippen molar-refractivity contribution in [2.45, 2.75) is 16.2 Å². The Labute approximate surface area is 363 Å². The van der Waals surface area contributed by atoms with Gasteiger partial charge in [-0.15, -0.1) is 20.4 Å². The van der Waals surface area contributed by atoms with Crippen molar-refractivity contribution in [2.75, 3.05) is 37.9 Å². The van der Waals surface area contributed by atoms with Crippen molar-refractivity contribution < 1.29 is 46.0 Å². The number of hydrogen-bond acceptors (Lipinski definition) is 16. The van der Waals surface area contributed by atoms with Gasteiger partial charge >= 0.3 is 0 Å². The van der Waals surface area contributed by atoms with Gasteiger partial charge in [-0.2, -0.15) is 0 Å². The quantitative estimate of drug-likeness (QED) is 0.0637. The van der Waals surface area contributed by atoms with Crippen LogP contribution in [0.25, 0.3) is 12.2 Å². The van der Waals surface area contributed by atoms with Gasteiger partial charge < -0.3 is 29.2 Å². The maximum absolute atomic E-state index is 13.2. The number of aromatic nitrogens is 4.